The van der Waals surface area contributed by atoms with Crippen molar-refractivity contribution in [2.24, 2.45) is 0 Å². The van der Waals surface area contributed by atoms with E-state index in [1.54, 1.807) is 6.20 Å². The number of imidazole rings is 1. The van der Waals surface area contributed by atoms with Crippen LogP contribution in [0, 0.1) is 27.1 Å². The van der Waals surface area contributed by atoms with Gasteiger partial charge < -0.3 is 9.55 Å². The molecule has 1 heterocycles. The molecule has 0 atom stereocenters. The van der Waals surface area contributed by atoms with Gasteiger partial charge in [0.15, 0.2) is 0 Å². The molecule has 0 saturated heterocycles. The standard InChI is InChI=1S/C12H13N2.ClH.Zn/c1-9-6-10(2)12(11(3)7-9)14-5-4-13-8-14;;/h4-7H,1-3H3;1H;/q-1;;+2/p-1. The summed E-state index contributed by atoms with van der Waals surface area (Å²) in [7, 11) is 4.76. The Bertz CT molecular complexity index is 429. The number of halogens is 1. The zero-order valence-corrected chi connectivity index (χ0v) is 13.5. The molecular formula is C12H13ClN2Zn. The molecule has 0 aliphatic rings. The topological polar surface area (TPSA) is 17.8 Å². The van der Waals surface area contributed by atoms with Gasteiger partial charge in [-0.1, -0.05) is 41.2 Å². The SMILES string of the molecule is Cc1cc(C)c(-n2[c-]ncc2)c(C)c1.[Cl][Zn+]. The summed E-state index contributed by atoms with van der Waals surface area (Å²) in [5.74, 6) is 0. The first-order valence-corrected chi connectivity index (χ1v) is 8.84. The summed E-state index contributed by atoms with van der Waals surface area (Å²) in [6.45, 7) is 6.34. The molecular weight excluding hydrogens is 273 g/mol. The van der Waals surface area contributed by atoms with E-state index in [0.29, 0.717) is 0 Å². The molecule has 0 unspecified atom stereocenters. The van der Waals surface area contributed by atoms with Gasteiger partial charge in [-0.3, -0.25) is 0 Å². The molecule has 1 aromatic heterocycles. The minimum absolute atomic E-state index is 0.847. The van der Waals surface area contributed by atoms with E-state index >= 15 is 0 Å². The number of nitrogens with zero attached hydrogens (tertiary/aromatic N) is 2. The molecule has 0 fully saturated rings. The number of aromatic nitrogens is 2. The quantitative estimate of drug-likeness (QED) is 0.581. The van der Waals surface area contributed by atoms with Crippen molar-refractivity contribution in [1.82, 2.24) is 9.55 Å². The first-order chi connectivity index (χ1) is 7.68. The summed E-state index contributed by atoms with van der Waals surface area (Å²) in [6.07, 6.45) is 6.59. The summed E-state index contributed by atoms with van der Waals surface area (Å²) >= 11 is 0.847. The molecule has 0 aliphatic heterocycles. The van der Waals surface area contributed by atoms with Crippen molar-refractivity contribution in [2.45, 2.75) is 20.8 Å². The molecule has 0 bridgehead atoms. The van der Waals surface area contributed by atoms with Gasteiger partial charge in [0.05, 0.1) is 0 Å². The van der Waals surface area contributed by atoms with Crippen LogP contribution >= 0.6 is 9.69 Å². The summed E-state index contributed by atoms with van der Waals surface area (Å²) in [5.41, 5.74) is 5.01. The third-order valence-corrected chi connectivity index (χ3v) is 2.33. The van der Waals surface area contributed by atoms with Gasteiger partial charge in [-0.25, -0.2) is 0 Å². The van der Waals surface area contributed by atoms with E-state index < -0.39 is 0 Å². The van der Waals surface area contributed by atoms with Crippen molar-refractivity contribution in [2.75, 3.05) is 0 Å². The van der Waals surface area contributed by atoms with Crippen LogP contribution in [0.1, 0.15) is 16.7 Å². The molecule has 1 aromatic carbocycles. The summed E-state index contributed by atoms with van der Waals surface area (Å²) in [4.78, 5) is 3.94. The summed E-state index contributed by atoms with van der Waals surface area (Å²) < 4.78 is 1.93. The Morgan fingerprint density at radius 1 is 1.19 bits per heavy atom. The van der Waals surface area contributed by atoms with Gasteiger partial charge in [-0.05, 0) is 26.5 Å². The van der Waals surface area contributed by atoms with E-state index in [1.807, 2.05) is 10.8 Å². The van der Waals surface area contributed by atoms with Crippen LogP contribution < -0.4 is 0 Å². The molecule has 0 radical (unpaired) electrons. The third kappa shape index (κ3) is 2.93. The molecule has 0 saturated carbocycles. The number of benzene rings is 1. The van der Waals surface area contributed by atoms with Crippen molar-refractivity contribution in [3.63, 3.8) is 0 Å². The molecule has 80 valence electrons. The average molecular weight is 286 g/mol. The zero-order chi connectivity index (χ0) is 12.1. The van der Waals surface area contributed by atoms with E-state index in [0.717, 1.165) is 17.3 Å². The molecule has 0 aliphatic carbocycles. The first kappa shape index (κ1) is 13.4. The van der Waals surface area contributed by atoms with E-state index in [4.69, 9.17) is 9.69 Å². The maximum atomic E-state index is 4.76. The fraction of sp³-hybridized carbons (Fsp3) is 0.250. The van der Waals surface area contributed by atoms with E-state index in [9.17, 15) is 0 Å². The second kappa shape index (κ2) is 6.17. The Hall–Kier alpha value is -0.657. The summed E-state index contributed by atoms with van der Waals surface area (Å²) in [6, 6.07) is 4.35. The van der Waals surface area contributed by atoms with Gasteiger partial charge in [-0.2, -0.15) is 0 Å². The van der Waals surface area contributed by atoms with Crippen molar-refractivity contribution in [3.05, 3.63) is 47.5 Å². The average Bonchev–Trinajstić information content (AvgIpc) is 2.72. The van der Waals surface area contributed by atoms with Crippen LogP contribution in [0.3, 0.4) is 0 Å². The Morgan fingerprint density at radius 2 is 1.75 bits per heavy atom. The van der Waals surface area contributed by atoms with E-state index in [1.165, 1.54) is 22.4 Å². The van der Waals surface area contributed by atoms with Crippen LogP contribution in [0.5, 0.6) is 0 Å². The number of hydrogen-bond acceptors (Lipinski definition) is 1. The molecule has 4 heteroatoms. The maximum absolute atomic E-state index is 4.76. The third-order valence-electron chi connectivity index (χ3n) is 2.33. The fourth-order valence-electron chi connectivity index (χ4n) is 1.91. The molecule has 0 N–H and O–H groups in total. The van der Waals surface area contributed by atoms with Crippen molar-refractivity contribution in [1.29, 1.82) is 0 Å². The van der Waals surface area contributed by atoms with Gasteiger partial charge in [0, 0.05) is 6.33 Å². The zero-order valence-electron chi connectivity index (χ0n) is 9.79. The van der Waals surface area contributed by atoms with Gasteiger partial charge in [0.2, 0.25) is 0 Å². The normalized spacial score (nSPS) is 9.62. The fourth-order valence-corrected chi connectivity index (χ4v) is 1.91. The van der Waals surface area contributed by atoms with Crippen LogP contribution in [0.4, 0.5) is 0 Å². The second-order valence-corrected chi connectivity index (χ2v) is 3.64. The Kier molecular flexibility index (Phi) is 5.17. The van der Waals surface area contributed by atoms with Crippen LogP contribution in [0.25, 0.3) is 5.69 Å². The molecule has 0 amide bonds. The summed E-state index contributed by atoms with van der Waals surface area (Å²) in [5, 5.41) is 0. The molecule has 2 rings (SSSR count). The molecule has 0 spiro atoms. The Balaban J connectivity index is 0.000000606. The van der Waals surface area contributed by atoms with Crippen LogP contribution in [0.15, 0.2) is 24.5 Å². The van der Waals surface area contributed by atoms with Crippen LogP contribution in [0.2, 0.25) is 0 Å². The molecule has 16 heavy (non-hydrogen) atoms. The van der Waals surface area contributed by atoms with Gasteiger partial charge in [0.25, 0.3) is 0 Å². The number of hydrogen-bond donors (Lipinski definition) is 0. The van der Waals surface area contributed by atoms with E-state index in [-0.39, 0.29) is 0 Å². The monoisotopic (exact) mass is 284 g/mol. The predicted octanol–water partition coefficient (Wildman–Crippen LogP) is 3.28. The van der Waals surface area contributed by atoms with Crippen LogP contribution in [-0.4, -0.2) is 9.55 Å². The predicted molar refractivity (Wildman–Crippen MR) is 62.5 cm³/mol. The van der Waals surface area contributed by atoms with Gasteiger partial charge in [0.1, 0.15) is 0 Å². The van der Waals surface area contributed by atoms with Gasteiger partial charge in [-0.15, -0.1) is 0 Å². The Labute approximate surface area is 110 Å². The number of aryl methyl sites for hydroxylation is 3. The van der Waals surface area contributed by atoms with E-state index in [2.05, 4.69) is 44.2 Å². The molecule has 2 nitrogen and oxygen atoms in total. The number of rotatable bonds is 1. The van der Waals surface area contributed by atoms with Crippen molar-refractivity contribution < 1.29 is 17.3 Å². The molecule has 2 aromatic rings. The van der Waals surface area contributed by atoms with Crippen molar-refractivity contribution >= 4 is 9.69 Å². The second-order valence-electron chi connectivity index (χ2n) is 3.64. The van der Waals surface area contributed by atoms with Crippen molar-refractivity contribution in [3.8, 4) is 5.69 Å². The van der Waals surface area contributed by atoms with Crippen LogP contribution in [-0.2, 0) is 17.3 Å². The minimum atomic E-state index is 0.847. The Morgan fingerprint density at radius 3 is 2.19 bits per heavy atom. The van der Waals surface area contributed by atoms with Gasteiger partial charge >= 0.3 is 27.0 Å². The first-order valence-electron chi connectivity index (χ1n) is 4.94.